The molecule has 1 saturated heterocycles. The molecule has 0 spiro atoms. The second-order valence-electron chi connectivity index (χ2n) is 6.97. The molecular weight excluding hydrogens is 368 g/mol. The molecule has 2 aromatic carbocycles. The number of nitrogens with zero attached hydrogens (tertiary/aromatic N) is 2. The molecule has 2 aromatic rings. The molecule has 0 unspecified atom stereocenters. The van der Waals surface area contributed by atoms with Crippen molar-refractivity contribution >= 4 is 29.3 Å². The summed E-state index contributed by atoms with van der Waals surface area (Å²) < 4.78 is 5.43. The minimum absolute atomic E-state index is 0.0517. The van der Waals surface area contributed by atoms with E-state index in [1.807, 2.05) is 48.5 Å². The van der Waals surface area contributed by atoms with Crippen LogP contribution in [-0.2, 0) is 4.79 Å². The predicted octanol–water partition coefficient (Wildman–Crippen LogP) is 4.61. The van der Waals surface area contributed by atoms with Gasteiger partial charge in [-0.25, -0.2) is 4.79 Å². The van der Waals surface area contributed by atoms with Crippen LogP contribution in [0.1, 0.15) is 30.9 Å². The van der Waals surface area contributed by atoms with Gasteiger partial charge in [0.05, 0.1) is 0 Å². The first-order valence-electron chi connectivity index (χ1n) is 9.35. The predicted molar refractivity (Wildman–Crippen MR) is 114 cm³/mol. The molecular formula is C23H22N2O2S. The van der Waals surface area contributed by atoms with Crippen LogP contribution in [0.5, 0.6) is 5.75 Å². The smallest absolute Gasteiger partial charge is 0.354 e. The summed E-state index contributed by atoms with van der Waals surface area (Å²) in [6.45, 7) is 4.15. The first-order chi connectivity index (χ1) is 13.6. The van der Waals surface area contributed by atoms with E-state index >= 15 is 0 Å². The molecule has 0 radical (unpaired) electrons. The fourth-order valence-corrected chi connectivity index (χ4v) is 3.41. The maximum absolute atomic E-state index is 12.4. The van der Waals surface area contributed by atoms with Crippen LogP contribution in [0.3, 0.4) is 0 Å². The van der Waals surface area contributed by atoms with Crippen molar-refractivity contribution in [3.8, 4) is 11.8 Å². The number of hydrogen-bond acceptors (Lipinski definition) is 4. The number of ether oxygens (including phenoxy) is 1. The molecule has 1 aliphatic rings. The van der Waals surface area contributed by atoms with Crippen molar-refractivity contribution in [2.75, 3.05) is 13.1 Å². The first kappa shape index (κ1) is 19.8. The Labute approximate surface area is 171 Å². The number of hydrogen-bond donors (Lipinski definition) is 0. The molecule has 1 aliphatic heterocycles. The molecule has 28 heavy (non-hydrogen) atoms. The van der Waals surface area contributed by atoms with Crippen molar-refractivity contribution in [3.63, 3.8) is 0 Å². The van der Waals surface area contributed by atoms with Gasteiger partial charge in [-0.1, -0.05) is 61.6 Å². The van der Waals surface area contributed by atoms with E-state index in [-0.39, 0.29) is 5.57 Å². The lowest BCUT2D eigenvalue weighted by Gasteiger charge is -2.32. The average Bonchev–Trinajstić information content (AvgIpc) is 2.73. The molecule has 0 aliphatic carbocycles. The highest BCUT2D eigenvalue weighted by Gasteiger charge is 2.19. The van der Waals surface area contributed by atoms with Gasteiger partial charge in [0.1, 0.15) is 22.4 Å². The third kappa shape index (κ3) is 5.05. The Morgan fingerprint density at radius 1 is 1.18 bits per heavy atom. The Morgan fingerprint density at radius 3 is 2.57 bits per heavy atom. The van der Waals surface area contributed by atoms with Gasteiger partial charge in [-0.3, -0.25) is 0 Å². The quantitative estimate of drug-likeness (QED) is 0.251. The molecule has 0 saturated carbocycles. The number of likely N-dealkylation sites (tertiary alicyclic amines) is 1. The van der Waals surface area contributed by atoms with Crippen LogP contribution >= 0.6 is 12.2 Å². The van der Waals surface area contributed by atoms with Gasteiger partial charge in [0.25, 0.3) is 0 Å². The summed E-state index contributed by atoms with van der Waals surface area (Å²) in [6, 6.07) is 18.3. The number of esters is 1. The van der Waals surface area contributed by atoms with Crippen molar-refractivity contribution < 1.29 is 9.53 Å². The number of carbonyl (C=O) groups is 1. The van der Waals surface area contributed by atoms with Gasteiger partial charge in [0.2, 0.25) is 0 Å². The SMILES string of the molecule is CC1CCN(C(=S)c2cccc(OC(=O)/C(C#N)=C/c3ccccc3)c2)CC1. The highest BCUT2D eigenvalue weighted by Crippen LogP contribution is 2.21. The van der Waals surface area contributed by atoms with Gasteiger partial charge in [-0.05, 0) is 42.5 Å². The van der Waals surface area contributed by atoms with E-state index in [9.17, 15) is 10.1 Å². The van der Waals surface area contributed by atoms with Gasteiger partial charge >= 0.3 is 5.97 Å². The normalized spacial score (nSPS) is 15.0. The van der Waals surface area contributed by atoms with Crippen LogP contribution in [0.25, 0.3) is 6.08 Å². The molecule has 5 heteroatoms. The van der Waals surface area contributed by atoms with E-state index in [0.29, 0.717) is 5.75 Å². The summed E-state index contributed by atoms with van der Waals surface area (Å²) in [6.07, 6.45) is 3.78. The maximum Gasteiger partial charge on any atom is 0.354 e. The zero-order chi connectivity index (χ0) is 19.9. The van der Waals surface area contributed by atoms with E-state index in [1.165, 1.54) is 6.08 Å². The van der Waals surface area contributed by atoms with Crippen molar-refractivity contribution in [3.05, 3.63) is 71.3 Å². The second kappa shape index (κ2) is 9.29. The third-order valence-electron chi connectivity index (χ3n) is 4.81. The molecule has 0 N–H and O–H groups in total. The Morgan fingerprint density at radius 2 is 1.89 bits per heavy atom. The zero-order valence-corrected chi connectivity index (χ0v) is 16.6. The summed E-state index contributed by atoms with van der Waals surface area (Å²) in [4.78, 5) is 15.4. The lowest BCUT2D eigenvalue weighted by Crippen LogP contribution is -2.37. The Bertz CT molecular complexity index is 923. The van der Waals surface area contributed by atoms with Gasteiger partial charge < -0.3 is 9.64 Å². The highest BCUT2D eigenvalue weighted by molar-refractivity contribution is 7.80. The van der Waals surface area contributed by atoms with Crippen LogP contribution in [0, 0.1) is 17.2 Å². The van der Waals surface area contributed by atoms with Crippen LogP contribution in [0.15, 0.2) is 60.2 Å². The lowest BCUT2D eigenvalue weighted by molar-refractivity contribution is -0.129. The fraction of sp³-hybridized carbons (Fsp3) is 0.261. The number of rotatable bonds is 4. The van der Waals surface area contributed by atoms with E-state index < -0.39 is 5.97 Å². The molecule has 0 aromatic heterocycles. The van der Waals surface area contributed by atoms with Crippen molar-refractivity contribution in [1.82, 2.24) is 4.90 Å². The standard InChI is InChI=1S/C23H22N2O2S/c1-17-10-12-25(13-11-17)22(28)19-8-5-9-21(15-19)27-23(26)20(16-24)14-18-6-3-2-4-7-18/h2-9,14-15,17H,10-13H2,1H3/b20-14+. The van der Waals surface area contributed by atoms with E-state index in [4.69, 9.17) is 17.0 Å². The largest absolute Gasteiger partial charge is 0.422 e. The van der Waals surface area contributed by atoms with Gasteiger partial charge in [-0.2, -0.15) is 5.26 Å². The molecule has 3 rings (SSSR count). The van der Waals surface area contributed by atoms with Crippen molar-refractivity contribution in [2.24, 2.45) is 5.92 Å². The summed E-state index contributed by atoms with van der Waals surface area (Å²) >= 11 is 5.64. The number of thiocarbonyl (C=S) groups is 1. The maximum atomic E-state index is 12.4. The minimum Gasteiger partial charge on any atom is -0.422 e. The Hall–Kier alpha value is -2.97. The number of piperidine rings is 1. The lowest BCUT2D eigenvalue weighted by atomic mass is 9.99. The average molecular weight is 391 g/mol. The molecule has 142 valence electrons. The molecule has 1 fully saturated rings. The summed E-state index contributed by atoms with van der Waals surface area (Å²) in [7, 11) is 0. The number of nitriles is 1. The van der Waals surface area contributed by atoms with Gasteiger partial charge in [0.15, 0.2) is 0 Å². The van der Waals surface area contributed by atoms with Crippen LogP contribution in [0.4, 0.5) is 0 Å². The molecule has 0 amide bonds. The van der Waals surface area contributed by atoms with E-state index in [2.05, 4.69) is 11.8 Å². The number of benzene rings is 2. The monoisotopic (exact) mass is 390 g/mol. The van der Waals surface area contributed by atoms with E-state index in [1.54, 1.807) is 12.1 Å². The van der Waals surface area contributed by atoms with Crippen molar-refractivity contribution in [1.29, 1.82) is 5.26 Å². The van der Waals surface area contributed by atoms with Crippen molar-refractivity contribution in [2.45, 2.75) is 19.8 Å². The molecule has 0 atom stereocenters. The van der Waals surface area contributed by atoms with Crippen LogP contribution < -0.4 is 4.74 Å². The Kier molecular flexibility index (Phi) is 6.57. The van der Waals surface area contributed by atoms with Gasteiger partial charge in [-0.15, -0.1) is 0 Å². The summed E-state index contributed by atoms with van der Waals surface area (Å²) in [5.41, 5.74) is 1.56. The van der Waals surface area contributed by atoms with E-state index in [0.717, 1.165) is 48.0 Å². The fourth-order valence-electron chi connectivity index (χ4n) is 3.10. The third-order valence-corrected chi connectivity index (χ3v) is 5.31. The van der Waals surface area contributed by atoms with Crippen LogP contribution in [0.2, 0.25) is 0 Å². The topological polar surface area (TPSA) is 53.3 Å². The molecule has 1 heterocycles. The van der Waals surface area contributed by atoms with Crippen LogP contribution in [-0.4, -0.2) is 28.9 Å². The summed E-state index contributed by atoms with van der Waals surface area (Å²) in [5.74, 6) is 0.429. The summed E-state index contributed by atoms with van der Waals surface area (Å²) in [5, 5.41) is 9.32. The zero-order valence-electron chi connectivity index (χ0n) is 15.8. The minimum atomic E-state index is -0.679. The van der Waals surface area contributed by atoms with Gasteiger partial charge in [0, 0.05) is 18.7 Å². The first-order valence-corrected chi connectivity index (χ1v) is 9.76. The molecule has 4 nitrogen and oxygen atoms in total. The highest BCUT2D eigenvalue weighted by atomic mass is 32.1. The second-order valence-corrected chi connectivity index (χ2v) is 7.36. The molecule has 0 bridgehead atoms. The number of carbonyl (C=O) groups excluding carboxylic acids is 1. The Balaban J connectivity index is 1.71.